The average Bonchev–Trinajstić information content (AvgIpc) is 2.43. The number of rotatable bonds is 4. The van der Waals surface area contributed by atoms with Crippen LogP contribution in [0.1, 0.15) is 40.5 Å². The predicted octanol–water partition coefficient (Wildman–Crippen LogP) is 2.01. The summed E-state index contributed by atoms with van der Waals surface area (Å²) in [4.78, 5) is 34.6. The summed E-state index contributed by atoms with van der Waals surface area (Å²) < 4.78 is 0. The molecule has 1 atom stereocenters. The van der Waals surface area contributed by atoms with Gasteiger partial charge in [0.1, 0.15) is 6.04 Å². The molecule has 0 radical (unpaired) electrons. The molecule has 5 nitrogen and oxygen atoms in total. The minimum absolute atomic E-state index is 0.236. The Kier molecular flexibility index (Phi) is 8.69. The first-order chi connectivity index (χ1) is 9.93. The molecular formula is C16H24N2O3. The van der Waals surface area contributed by atoms with E-state index in [-0.39, 0.29) is 18.2 Å². The summed E-state index contributed by atoms with van der Waals surface area (Å²) in [6, 6.07) is -0.663. The fraction of sp³-hybridized carbons (Fsp3) is 0.438. The van der Waals surface area contributed by atoms with Gasteiger partial charge >= 0.3 is 0 Å². The Labute approximate surface area is 126 Å². The average molecular weight is 292 g/mol. The Bertz CT molecular complexity index is 472. The number of nitrogens with one attached hydrogen (secondary N) is 2. The molecule has 0 saturated carbocycles. The molecule has 2 N–H and O–H groups in total. The molecule has 1 heterocycles. The number of amides is 3. The molecule has 0 spiro atoms. The standard InChI is InChI=1S/C14H18N2O3.C2H6/c1-4-5-10(8-9(2)3)13(18)15-11-6-7-12(17)16-14(11)19;1-2/h4-5,8,11H,1,6-7H2,2-3H3,(H,15,18)(H,16,17,19);1-2H3/b10-5+;. The fourth-order valence-electron chi connectivity index (χ4n) is 1.70. The molecule has 1 aliphatic heterocycles. The van der Waals surface area contributed by atoms with Crippen molar-refractivity contribution in [1.29, 1.82) is 0 Å². The molecule has 0 aliphatic carbocycles. The van der Waals surface area contributed by atoms with Crippen LogP contribution in [0.3, 0.4) is 0 Å². The second-order valence-electron chi connectivity index (χ2n) is 4.56. The molecule has 1 rings (SSSR count). The van der Waals surface area contributed by atoms with Crippen molar-refractivity contribution in [2.45, 2.75) is 46.6 Å². The molecule has 1 fully saturated rings. The van der Waals surface area contributed by atoms with Crippen molar-refractivity contribution in [2.24, 2.45) is 0 Å². The van der Waals surface area contributed by atoms with Crippen molar-refractivity contribution in [3.8, 4) is 0 Å². The van der Waals surface area contributed by atoms with Gasteiger partial charge in [-0.25, -0.2) is 0 Å². The van der Waals surface area contributed by atoms with Crippen LogP contribution in [0.5, 0.6) is 0 Å². The van der Waals surface area contributed by atoms with Gasteiger partial charge in [0.05, 0.1) is 0 Å². The molecule has 5 heteroatoms. The lowest BCUT2D eigenvalue weighted by Crippen LogP contribution is -2.52. The number of hydrogen-bond donors (Lipinski definition) is 2. The van der Waals surface area contributed by atoms with E-state index in [1.54, 1.807) is 12.2 Å². The molecule has 0 aromatic carbocycles. The Morgan fingerprint density at radius 2 is 1.95 bits per heavy atom. The summed E-state index contributed by atoms with van der Waals surface area (Å²) in [5.74, 6) is -1.11. The zero-order valence-electron chi connectivity index (χ0n) is 13.2. The predicted molar refractivity (Wildman–Crippen MR) is 83.4 cm³/mol. The van der Waals surface area contributed by atoms with Gasteiger partial charge in [0.25, 0.3) is 5.91 Å². The van der Waals surface area contributed by atoms with E-state index in [1.165, 1.54) is 6.08 Å². The number of carbonyl (C=O) groups excluding carboxylic acids is 3. The van der Waals surface area contributed by atoms with Crippen molar-refractivity contribution in [3.63, 3.8) is 0 Å². The molecule has 3 amide bonds. The van der Waals surface area contributed by atoms with Crippen molar-refractivity contribution in [1.82, 2.24) is 10.6 Å². The molecule has 1 unspecified atom stereocenters. The molecule has 1 aliphatic rings. The normalized spacial score (nSPS) is 17.9. The minimum Gasteiger partial charge on any atom is -0.340 e. The van der Waals surface area contributed by atoms with Gasteiger partial charge in [0.2, 0.25) is 11.8 Å². The highest BCUT2D eigenvalue weighted by molar-refractivity contribution is 6.04. The van der Waals surface area contributed by atoms with Crippen molar-refractivity contribution in [3.05, 3.63) is 36.0 Å². The highest BCUT2D eigenvalue weighted by atomic mass is 16.2. The first-order valence-corrected chi connectivity index (χ1v) is 7.06. The van der Waals surface area contributed by atoms with E-state index in [9.17, 15) is 14.4 Å². The maximum atomic E-state index is 12.0. The van der Waals surface area contributed by atoms with Crippen LogP contribution in [0.15, 0.2) is 36.0 Å². The van der Waals surface area contributed by atoms with Gasteiger partial charge < -0.3 is 5.32 Å². The van der Waals surface area contributed by atoms with Gasteiger partial charge in [-0.3, -0.25) is 19.7 Å². The van der Waals surface area contributed by atoms with Gasteiger partial charge in [0.15, 0.2) is 0 Å². The third-order valence-electron chi connectivity index (χ3n) is 2.55. The Morgan fingerprint density at radius 3 is 2.43 bits per heavy atom. The first kappa shape index (κ1) is 18.8. The second-order valence-corrected chi connectivity index (χ2v) is 4.56. The zero-order chi connectivity index (χ0) is 16.4. The summed E-state index contributed by atoms with van der Waals surface area (Å²) in [5.41, 5.74) is 1.39. The van der Waals surface area contributed by atoms with Gasteiger partial charge in [0, 0.05) is 12.0 Å². The highest BCUT2D eigenvalue weighted by Gasteiger charge is 2.28. The maximum Gasteiger partial charge on any atom is 0.251 e. The molecule has 1 saturated heterocycles. The summed E-state index contributed by atoms with van der Waals surface area (Å²) in [5, 5.41) is 4.81. The lowest BCUT2D eigenvalue weighted by Gasteiger charge is -2.22. The topological polar surface area (TPSA) is 75.3 Å². The van der Waals surface area contributed by atoms with Gasteiger partial charge in [-0.05, 0) is 20.3 Å². The van der Waals surface area contributed by atoms with E-state index in [1.807, 2.05) is 27.7 Å². The summed E-state index contributed by atoms with van der Waals surface area (Å²) in [7, 11) is 0. The molecule has 0 aromatic heterocycles. The van der Waals surface area contributed by atoms with Gasteiger partial charge in [-0.1, -0.05) is 44.2 Å². The molecular weight excluding hydrogens is 268 g/mol. The SMILES string of the molecule is C=C/C=C(\C=C(C)C)C(=O)NC1CCC(=O)NC1=O.CC. The molecule has 21 heavy (non-hydrogen) atoms. The van der Waals surface area contributed by atoms with E-state index >= 15 is 0 Å². The summed E-state index contributed by atoms with van der Waals surface area (Å²) in [6.07, 6.45) is 5.36. The second kappa shape index (κ2) is 9.69. The Balaban J connectivity index is 0.00000191. The Morgan fingerprint density at radius 1 is 1.33 bits per heavy atom. The van der Waals surface area contributed by atoms with Crippen LogP contribution in [-0.4, -0.2) is 23.8 Å². The van der Waals surface area contributed by atoms with Crippen LogP contribution in [0.25, 0.3) is 0 Å². The lowest BCUT2D eigenvalue weighted by molar-refractivity contribution is -0.136. The van der Waals surface area contributed by atoms with Crippen LogP contribution in [0.2, 0.25) is 0 Å². The number of piperidine rings is 1. The van der Waals surface area contributed by atoms with Crippen LogP contribution < -0.4 is 10.6 Å². The fourth-order valence-corrected chi connectivity index (χ4v) is 1.70. The zero-order valence-corrected chi connectivity index (χ0v) is 13.2. The first-order valence-electron chi connectivity index (χ1n) is 7.06. The number of hydrogen-bond acceptors (Lipinski definition) is 3. The molecule has 116 valence electrons. The van der Waals surface area contributed by atoms with Crippen LogP contribution >= 0.6 is 0 Å². The third kappa shape index (κ3) is 6.70. The van der Waals surface area contributed by atoms with Crippen molar-refractivity contribution >= 4 is 17.7 Å². The van der Waals surface area contributed by atoms with Gasteiger partial charge in [-0.15, -0.1) is 0 Å². The summed E-state index contributed by atoms with van der Waals surface area (Å²) in [6.45, 7) is 11.3. The highest BCUT2D eigenvalue weighted by Crippen LogP contribution is 2.08. The third-order valence-corrected chi connectivity index (χ3v) is 2.55. The number of carbonyl (C=O) groups is 3. The smallest absolute Gasteiger partial charge is 0.251 e. The van der Waals surface area contributed by atoms with E-state index in [2.05, 4.69) is 17.2 Å². The largest absolute Gasteiger partial charge is 0.340 e. The summed E-state index contributed by atoms with van der Waals surface area (Å²) >= 11 is 0. The van der Waals surface area contributed by atoms with E-state index < -0.39 is 11.9 Å². The van der Waals surface area contributed by atoms with Crippen LogP contribution in [0.4, 0.5) is 0 Å². The van der Waals surface area contributed by atoms with Gasteiger partial charge in [-0.2, -0.15) is 0 Å². The lowest BCUT2D eigenvalue weighted by atomic mass is 10.0. The molecule has 0 aromatic rings. The van der Waals surface area contributed by atoms with E-state index in [0.29, 0.717) is 12.0 Å². The monoisotopic (exact) mass is 292 g/mol. The quantitative estimate of drug-likeness (QED) is 0.473. The van der Waals surface area contributed by atoms with Crippen LogP contribution in [-0.2, 0) is 14.4 Å². The van der Waals surface area contributed by atoms with E-state index in [0.717, 1.165) is 5.57 Å². The maximum absolute atomic E-state index is 12.0. The van der Waals surface area contributed by atoms with Crippen molar-refractivity contribution < 1.29 is 14.4 Å². The van der Waals surface area contributed by atoms with Crippen LogP contribution in [0, 0.1) is 0 Å². The number of allylic oxidation sites excluding steroid dienone is 3. The van der Waals surface area contributed by atoms with Crippen molar-refractivity contribution in [2.75, 3.05) is 0 Å². The number of imide groups is 1. The van der Waals surface area contributed by atoms with E-state index in [4.69, 9.17) is 0 Å². The Hall–Kier alpha value is -2.17. The molecule has 0 bridgehead atoms. The minimum atomic E-state index is -0.663.